The molecule has 0 amide bonds. The lowest BCUT2D eigenvalue weighted by molar-refractivity contribution is 0.0803. The summed E-state index contributed by atoms with van der Waals surface area (Å²) >= 11 is 0. The summed E-state index contributed by atoms with van der Waals surface area (Å²) in [6.07, 6.45) is 7.04. The second-order valence-electron chi connectivity index (χ2n) is 6.24. The molecule has 0 aromatic heterocycles. The van der Waals surface area contributed by atoms with Crippen LogP contribution in [-0.4, -0.2) is 47.8 Å². The lowest BCUT2D eigenvalue weighted by Crippen LogP contribution is -2.50. The average molecular weight is 254 g/mol. The van der Waals surface area contributed by atoms with Crippen molar-refractivity contribution in [2.45, 2.75) is 70.6 Å². The highest BCUT2D eigenvalue weighted by atomic mass is 16.3. The number of aliphatic hydroxyl groups excluding tert-OH is 1. The summed E-state index contributed by atoms with van der Waals surface area (Å²) in [5, 5.41) is 13.6. The van der Waals surface area contributed by atoms with Crippen molar-refractivity contribution in [2.24, 2.45) is 5.92 Å². The van der Waals surface area contributed by atoms with Gasteiger partial charge in [0.1, 0.15) is 0 Å². The predicted octanol–water partition coefficient (Wildman–Crippen LogP) is 2.00. The van der Waals surface area contributed by atoms with Gasteiger partial charge >= 0.3 is 0 Å². The van der Waals surface area contributed by atoms with E-state index in [9.17, 15) is 5.11 Å². The Hall–Kier alpha value is -0.120. The van der Waals surface area contributed by atoms with Gasteiger partial charge in [0, 0.05) is 25.2 Å². The Morgan fingerprint density at radius 3 is 2.67 bits per heavy atom. The van der Waals surface area contributed by atoms with E-state index < -0.39 is 0 Å². The van der Waals surface area contributed by atoms with Gasteiger partial charge in [-0.3, -0.25) is 4.90 Å². The second kappa shape index (κ2) is 6.88. The monoisotopic (exact) mass is 254 g/mol. The Morgan fingerprint density at radius 2 is 2.06 bits per heavy atom. The van der Waals surface area contributed by atoms with Crippen LogP contribution in [0.5, 0.6) is 0 Å². The fourth-order valence-corrected chi connectivity index (χ4v) is 3.20. The minimum absolute atomic E-state index is 0.0963. The topological polar surface area (TPSA) is 35.5 Å². The highest BCUT2D eigenvalue weighted by Gasteiger charge is 2.36. The zero-order chi connectivity index (χ0) is 13.0. The quantitative estimate of drug-likeness (QED) is 0.729. The maximum absolute atomic E-state index is 9.87. The maximum Gasteiger partial charge on any atom is 0.0540 e. The zero-order valence-electron chi connectivity index (χ0n) is 12.1. The third-order valence-corrected chi connectivity index (χ3v) is 4.39. The van der Waals surface area contributed by atoms with Gasteiger partial charge in [0.05, 0.1) is 6.10 Å². The standard InChI is InChI=1S/C15H30N2O/c1-3-7-16-13-8-12(9-15(18)4-2)10-17(11-13)14-5-6-14/h12-16,18H,3-11H2,1-2H3. The smallest absolute Gasteiger partial charge is 0.0540 e. The molecule has 0 aromatic carbocycles. The molecule has 0 bridgehead atoms. The molecule has 18 heavy (non-hydrogen) atoms. The van der Waals surface area contributed by atoms with Crippen molar-refractivity contribution >= 4 is 0 Å². The first-order chi connectivity index (χ1) is 8.72. The van der Waals surface area contributed by atoms with Gasteiger partial charge in [-0.25, -0.2) is 0 Å². The van der Waals surface area contributed by atoms with E-state index in [2.05, 4.69) is 24.1 Å². The van der Waals surface area contributed by atoms with Gasteiger partial charge in [0.15, 0.2) is 0 Å². The van der Waals surface area contributed by atoms with Crippen molar-refractivity contribution in [2.75, 3.05) is 19.6 Å². The average Bonchev–Trinajstić information content (AvgIpc) is 3.20. The fraction of sp³-hybridized carbons (Fsp3) is 1.00. The Balaban J connectivity index is 1.84. The van der Waals surface area contributed by atoms with Gasteiger partial charge in [-0.05, 0) is 51.0 Å². The molecule has 0 radical (unpaired) electrons. The van der Waals surface area contributed by atoms with Gasteiger partial charge in [-0.1, -0.05) is 13.8 Å². The fourth-order valence-electron chi connectivity index (χ4n) is 3.20. The third kappa shape index (κ3) is 4.22. The third-order valence-electron chi connectivity index (χ3n) is 4.39. The summed E-state index contributed by atoms with van der Waals surface area (Å²) in [6.45, 7) is 7.88. The Kier molecular flexibility index (Phi) is 5.46. The molecule has 1 heterocycles. The zero-order valence-corrected chi connectivity index (χ0v) is 12.1. The molecule has 0 spiro atoms. The molecule has 1 saturated heterocycles. The highest BCUT2D eigenvalue weighted by molar-refractivity contribution is 4.92. The van der Waals surface area contributed by atoms with E-state index in [-0.39, 0.29) is 6.10 Å². The molecule has 0 aromatic rings. The van der Waals surface area contributed by atoms with Gasteiger partial charge < -0.3 is 10.4 Å². The van der Waals surface area contributed by atoms with Crippen LogP contribution < -0.4 is 5.32 Å². The molecule has 2 aliphatic rings. The van der Waals surface area contributed by atoms with Crippen LogP contribution in [0.15, 0.2) is 0 Å². The number of nitrogens with zero attached hydrogens (tertiary/aromatic N) is 1. The summed E-state index contributed by atoms with van der Waals surface area (Å²) in [5.74, 6) is 0.684. The number of piperidine rings is 1. The number of likely N-dealkylation sites (tertiary alicyclic amines) is 1. The van der Waals surface area contributed by atoms with E-state index >= 15 is 0 Å². The van der Waals surface area contributed by atoms with Crippen molar-refractivity contribution in [3.05, 3.63) is 0 Å². The van der Waals surface area contributed by atoms with E-state index in [1.165, 1.54) is 38.8 Å². The molecular formula is C15H30N2O. The van der Waals surface area contributed by atoms with Crippen molar-refractivity contribution < 1.29 is 5.11 Å². The molecule has 3 atom stereocenters. The first-order valence-corrected chi connectivity index (χ1v) is 7.88. The SMILES string of the molecule is CCCNC1CC(CC(O)CC)CN(C2CC2)C1. The number of hydrogen-bond acceptors (Lipinski definition) is 3. The Morgan fingerprint density at radius 1 is 1.28 bits per heavy atom. The summed E-state index contributed by atoms with van der Waals surface area (Å²) in [5.41, 5.74) is 0. The molecule has 3 unspecified atom stereocenters. The van der Waals surface area contributed by atoms with E-state index in [4.69, 9.17) is 0 Å². The summed E-state index contributed by atoms with van der Waals surface area (Å²) in [4.78, 5) is 2.67. The van der Waals surface area contributed by atoms with Gasteiger partial charge in [0.2, 0.25) is 0 Å². The first kappa shape index (κ1) is 14.3. The highest BCUT2D eigenvalue weighted by Crippen LogP contribution is 2.32. The van der Waals surface area contributed by atoms with Gasteiger partial charge in [0.25, 0.3) is 0 Å². The number of aliphatic hydroxyl groups is 1. The summed E-state index contributed by atoms with van der Waals surface area (Å²) in [6, 6.07) is 1.51. The molecule has 1 aliphatic carbocycles. The minimum atomic E-state index is -0.0963. The Labute approximate surface area is 112 Å². The van der Waals surface area contributed by atoms with Crippen LogP contribution >= 0.6 is 0 Å². The summed E-state index contributed by atoms with van der Waals surface area (Å²) < 4.78 is 0. The van der Waals surface area contributed by atoms with Crippen LogP contribution in [0, 0.1) is 5.92 Å². The van der Waals surface area contributed by atoms with Crippen molar-refractivity contribution in [1.82, 2.24) is 10.2 Å². The van der Waals surface area contributed by atoms with Crippen LogP contribution in [0.2, 0.25) is 0 Å². The number of rotatable bonds is 7. The second-order valence-corrected chi connectivity index (χ2v) is 6.24. The molecule has 2 N–H and O–H groups in total. The van der Waals surface area contributed by atoms with E-state index in [0.29, 0.717) is 12.0 Å². The van der Waals surface area contributed by atoms with E-state index in [1.54, 1.807) is 0 Å². The van der Waals surface area contributed by atoms with Crippen molar-refractivity contribution in [3.63, 3.8) is 0 Å². The Bertz CT molecular complexity index is 243. The molecule has 3 heteroatoms. The van der Waals surface area contributed by atoms with Crippen LogP contribution in [0.1, 0.15) is 52.4 Å². The molecule has 3 nitrogen and oxygen atoms in total. The van der Waals surface area contributed by atoms with Gasteiger partial charge in [-0.2, -0.15) is 0 Å². The number of hydrogen-bond donors (Lipinski definition) is 2. The lowest BCUT2D eigenvalue weighted by Gasteiger charge is -2.39. The van der Waals surface area contributed by atoms with Crippen molar-refractivity contribution in [3.8, 4) is 0 Å². The molecule has 106 valence electrons. The lowest BCUT2D eigenvalue weighted by atomic mass is 9.88. The first-order valence-electron chi connectivity index (χ1n) is 7.88. The van der Waals surface area contributed by atoms with Crippen LogP contribution in [0.4, 0.5) is 0 Å². The molecule has 2 fully saturated rings. The largest absolute Gasteiger partial charge is 0.393 e. The predicted molar refractivity (Wildman–Crippen MR) is 75.7 cm³/mol. The molecule has 2 rings (SSSR count). The van der Waals surface area contributed by atoms with Crippen LogP contribution in [-0.2, 0) is 0 Å². The molecular weight excluding hydrogens is 224 g/mol. The van der Waals surface area contributed by atoms with E-state index in [1.807, 2.05) is 0 Å². The number of nitrogens with one attached hydrogen (secondary N) is 1. The minimum Gasteiger partial charge on any atom is -0.393 e. The molecule has 1 saturated carbocycles. The van der Waals surface area contributed by atoms with Crippen LogP contribution in [0.3, 0.4) is 0 Å². The van der Waals surface area contributed by atoms with Gasteiger partial charge in [-0.15, -0.1) is 0 Å². The van der Waals surface area contributed by atoms with Crippen LogP contribution in [0.25, 0.3) is 0 Å². The maximum atomic E-state index is 9.87. The summed E-state index contributed by atoms with van der Waals surface area (Å²) in [7, 11) is 0. The molecule has 1 aliphatic heterocycles. The van der Waals surface area contributed by atoms with Crippen molar-refractivity contribution in [1.29, 1.82) is 0 Å². The normalized spacial score (nSPS) is 31.5. The van der Waals surface area contributed by atoms with E-state index in [0.717, 1.165) is 25.4 Å².